The first-order valence-corrected chi connectivity index (χ1v) is 3.34. The van der Waals surface area contributed by atoms with Crippen LogP contribution < -0.4 is 5.73 Å². The van der Waals surface area contributed by atoms with E-state index in [4.69, 9.17) is 5.73 Å². The lowest BCUT2D eigenvalue weighted by molar-refractivity contribution is 0.576. The predicted molar refractivity (Wildman–Crippen MR) is 38.0 cm³/mol. The van der Waals surface area contributed by atoms with Crippen LogP contribution in [0, 0.1) is 5.95 Å². The van der Waals surface area contributed by atoms with Gasteiger partial charge in [0.2, 0.25) is 0 Å². The maximum Gasteiger partial charge on any atom is 0.191 e. The lowest BCUT2D eigenvalue weighted by Gasteiger charge is -2.03. The topological polar surface area (TPSA) is 41.8 Å². The van der Waals surface area contributed by atoms with Crippen LogP contribution in [0.3, 0.4) is 0 Å². The summed E-state index contributed by atoms with van der Waals surface area (Å²) in [5, 5.41) is 0. The molecule has 0 saturated heterocycles. The van der Waals surface area contributed by atoms with Gasteiger partial charge in [0.25, 0.3) is 0 Å². The Kier molecular flexibility index (Phi) is 2.06. The van der Waals surface area contributed by atoms with Crippen molar-refractivity contribution in [2.24, 2.45) is 5.73 Å². The molecule has 1 unspecified atom stereocenters. The maximum absolute atomic E-state index is 12.3. The van der Waals surface area contributed by atoms with Crippen LogP contribution in [0.15, 0.2) is 12.1 Å². The zero-order chi connectivity index (χ0) is 7.56. The summed E-state index contributed by atoms with van der Waals surface area (Å²) in [6.45, 7) is 1.96. The molecule has 0 spiro atoms. The number of halogens is 1. The molecule has 0 aliphatic heterocycles. The minimum absolute atomic E-state index is 0.0653. The quantitative estimate of drug-likeness (QED) is 0.646. The minimum atomic E-state index is -0.320. The van der Waals surface area contributed by atoms with Crippen molar-refractivity contribution < 1.29 is 4.39 Å². The average Bonchev–Trinajstić information content (AvgIpc) is 2.34. The molecule has 1 aromatic heterocycles. The molecule has 3 N–H and O–H groups in total. The van der Waals surface area contributed by atoms with Crippen molar-refractivity contribution in [1.29, 1.82) is 0 Å². The van der Waals surface area contributed by atoms with Crippen molar-refractivity contribution in [2.75, 3.05) is 0 Å². The maximum atomic E-state index is 12.3. The van der Waals surface area contributed by atoms with E-state index in [1.807, 2.05) is 6.92 Å². The first-order chi connectivity index (χ1) is 4.74. The van der Waals surface area contributed by atoms with Crippen molar-refractivity contribution in [1.82, 2.24) is 4.98 Å². The Balaban J connectivity index is 2.74. The highest BCUT2D eigenvalue weighted by Crippen LogP contribution is 2.11. The molecular formula is C7H11FN2. The molecule has 3 heteroatoms. The van der Waals surface area contributed by atoms with E-state index >= 15 is 0 Å². The first kappa shape index (κ1) is 7.28. The van der Waals surface area contributed by atoms with E-state index in [9.17, 15) is 4.39 Å². The third-order valence-corrected chi connectivity index (χ3v) is 1.51. The van der Waals surface area contributed by atoms with Crippen LogP contribution in [0.4, 0.5) is 4.39 Å². The standard InChI is InChI=1S/C7H11FN2/c1-2-5(9)6-3-4-7(8)10-6/h3-5,10H,2,9H2,1H3. The van der Waals surface area contributed by atoms with Crippen molar-refractivity contribution in [3.05, 3.63) is 23.8 Å². The molecule has 0 radical (unpaired) electrons. The van der Waals surface area contributed by atoms with E-state index in [1.165, 1.54) is 6.07 Å². The highest BCUT2D eigenvalue weighted by molar-refractivity contribution is 5.09. The van der Waals surface area contributed by atoms with Gasteiger partial charge in [0.05, 0.1) is 0 Å². The number of aromatic amines is 1. The lowest BCUT2D eigenvalue weighted by Crippen LogP contribution is -2.08. The molecule has 10 heavy (non-hydrogen) atoms. The second-order valence-corrected chi connectivity index (χ2v) is 2.28. The van der Waals surface area contributed by atoms with Gasteiger partial charge in [-0.05, 0) is 18.6 Å². The molecule has 0 saturated carbocycles. The number of hydrogen-bond acceptors (Lipinski definition) is 1. The van der Waals surface area contributed by atoms with Gasteiger partial charge >= 0.3 is 0 Å². The second kappa shape index (κ2) is 2.84. The Morgan fingerprint density at radius 1 is 1.70 bits per heavy atom. The van der Waals surface area contributed by atoms with E-state index < -0.39 is 0 Å². The zero-order valence-electron chi connectivity index (χ0n) is 5.89. The van der Waals surface area contributed by atoms with Crippen LogP contribution in [-0.2, 0) is 0 Å². The molecule has 1 heterocycles. The molecule has 0 aliphatic rings. The van der Waals surface area contributed by atoms with Crippen molar-refractivity contribution in [3.63, 3.8) is 0 Å². The Bertz CT molecular complexity index is 207. The summed E-state index contributed by atoms with van der Waals surface area (Å²) in [4.78, 5) is 2.54. The van der Waals surface area contributed by atoms with Gasteiger partial charge in [0.15, 0.2) is 5.95 Å². The highest BCUT2D eigenvalue weighted by atomic mass is 19.1. The lowest BCUT2D eigenvalue weighted by atomic mass is 10.2. The number of aromatic nitrogens is 1. The summed E-state index contributed by atoms with van der Waals surface area (Å²) in [5.41, 5.74) is 6.37. The zero-order valence-corrected chi connectivity index (χ0v) is 5.89. The summed E-state index contributed by atoms with van der Waals surface area (Å²) in [5.74, 6) is -0.320. The monoisotopic (exact) mass is 142 g/mol. The number of nitrogens with two attached hydrogens (primary N) is 1. The van der Waals surface area contributed by atoms with Crippen LogP contribution in [0.5, 0.6) is 0 Å². The van der Waals surface area contributed by atoms with E-state index in [0.29, 0.717) is 0 Å². The van der Waals surface area contributed by atoms with Gasteiger partial charge in [-0.3, -0.25) is 0 Å². The molecule has 0 amide bonds. The summed E-state index contributed by atoms with van der Waals surface area (Å²) in [7, 11) is 0. The van der Waals surface area contributed by atoms with Crippen LogP contribution >= 0.6 is 0 Å². The molecule has 2 nitrogen and oxygen atoms in total. The number of H-pyrrole nitrogens is 1. The summed E-state index contributed by atoms with van der Waals surface area (Å²) in [6, 6.07) is 2.98. The fraction of sp³-hybridized carbons (Fsp3) is 0.429. The Morgan fingerprint density at radius 3 is 2.80 bits per heavy atom. The van der Waals surface area contributed by atoms with Gasteiger partial charge in [0.1, 0.15) is 0 Å². The van der Waals surface area contributed by atoms with Crippen LogP contribution in [-0.4, -0.2) is 4.98 Å². The van der Waals surface area contributed by atoms with Gasteiger partial charge in [-0.15, -0.1) is 0 Å². The molecule has 0 fully saturated rings. The first-order valence-electron chi connectivity index (χ1n) is 3.34. The van der Waals surface area contributed by atoms with Gasteiger partial charge < -0.3 is 10.7 Å². The number of nitrogens with one attached hydrogen (secondary N) is 1. The average molecular weight is 142 g/mol. The summed E-state index contributed by atoms with van der Waals surface area (Å²) in [6.07, 6.45) is 0.819. The predicted octanol–water partition coefficient (Wildman–Crippen LogP) is 1.56. The molecule has 0 aromatic carbocycles. The molecule has 1 atom stereocenters. The van der Waals surface area contributed by atoms with Crippen LogP contribution in [0.1, 0.15) is 25.1 Å². The Hall–Kier alpha value is -0.830. The molecular weight excluding hydrogens is 131 g/mol. The highest BCUT2D eigenvalue weighted by Gasteiger charge is 2.04. The Labute approximate surface area is 59.2 Å². The normalized spacial score (nSPS) is 13.5. The fourth-order valence-electron chi connectivity index (χ4n) is 0.820. The minimum Gasteiger partial charge on any atom is -0.334 e. The molecule has 0 aliphatic carbocycles. The third-order valence-electron chi connectivity index (χ3n) is 1.51. The van der Waals surface area contributed by atoms with E-state index in [1.54, 1.807) is 6.07 Å². The van der Waals surface area contributed by atoms with E-state index in [-0.39, 0.29) is 12.0 Å². The summed E-state index contributed by atoms with van der Waals surface area (Å²) < 4.78 is 12.3. The molecule has 1 aromatic rings. The molecule has 0 bridgehead atoms. The SMILES string of the molecule is CCC(N)c1ccc(F)[nH]1. The largest absolute Gasteiger partial charge is 0.334 e. The van der Waals surface area contributed by atoms with E-state index in [2.05, 4.69) is 4.98 Å². The van der Waals surface area contributed by atoms with Gasteiger partial charge in [-0.25, -0.2) is 0 Å². The van der Waals surface area contributed by atoms with Crippen molar-refractivity contribution in [3.8, 4) is 0 Å². The van der Waals surface area contributed by atoms with Gasteiger partial charge in [0, 0.05) is 11.7 Å². The third kappa shape index (κ3) is 1.36. The van der Waals surface area contributed by atoms with Crippen molar-refractivity contribution >= 4 is 0 Å². The smallest absolute Gasteiger partial charge is 0.191 e. The molecule has 1 rings (SSSR count). The fourth-order valence-corrected chi connectivity index (χ4v) is 0.820. The number of rotatable bonds is 2. The van der Waals surface area contributed by atoms with E-state index in [0.717, 1.165) is 12.1 Å². The molecule has 56 valence electrons. The van der Waals surface area contributed by atoms with Crippen molar-refractivity contribution in [2.45, 2.75) is 19.4 Å². The second-order valence-electron chi connectivity index (χ2n) is 2.28. The number of hydrogen-bond donors (Lipinski definition) is 2. The van der Waals surface area contributed by atoms with Gasteiger partial charge in [-0.1, -0.05) is 6.92 Å². The van der Waals surface area contributed by atoms with Crippen LogP contribution in [0.2, 0.25) is 0 Å². The summed E-state index contributed by atoms with van der Waals surface area (Å²) >= 11 is 0. The van der Waals surface area contributed by atoms with Crippen LogP contribution in [0.25, 0.3) is 0 Å². The Morgan fingerprint density at radius 2 is 2.40 bits per heavy atom. The van der Waals surface area contributed by atoms with Gasteiger partial charge in [-0.2, -0.15) is 4.39 Å².